The van der Waals surface area contributed by atoms with Crippen molar-refractivity contribution in [1.29, 1.82) is 0 Å². The Bertz CT molecular complexity index is 603. The van der Waals surface area contributed by atoms with Crippen molar-refractivity contribution in [3.05, 3.63) is 48.5 Å². The molecule has 1 unspecified atom stereocenters. The van der Waals surface area contributed by atoms with Crippen molar-refractivity contribution in [3.8, 4) is 5.75 Å². The van der Waals surface area contributed by atoms with Crippen molar-refractivity contribution < 1.29 is 4.74 Å². The lowest BCUT2D eigenvalue weighted by atomic mass is 10.0. The molecule has 1 heterocycles. The molecule has 0 fully saturated rings. The number of halogens is 3. The van der Waals surface area contributed by atoms with E-state index >= 15 is 0 Å². The fraction of sp³-hybridized carbons (Fsp3) is 0.286. The first kappa shape index (κ1) is 16.1. The molecule has 108 valence electrons. The summed E-state index contributed by atoms with van der Waals surface area (Å²) in [5.41, 5.74) is 0.952. The van der Waals surface area contributed by atoms with Crippen molar-refractivity contribution in [2.45, 2.75) is 13.0 Å². The highest BCUT2D eigenvalue weighted by Gasteiger charge is 2.20. The van der Waals surface area contributed by atoms with Gasteiger partial charge >= 0.3 is 0 Å². The second kappa shape index (κ2) is 7.14. The van der Waals surface area contributed by atoms with Gasteiger partial charge in [0.25, 0.3) is 0 Å². The van der Waals surface area contributed by atoms with Crippen molar-refractivity contribution in [2.24, 2.45) is 0 Å². The summed E-state index contributed by atoms with van der Waals surface area (Å²) in [4.78, 5) is 1.18. The molecule has 1 aromatic heterocycles. The minimum absolute atomic E-state index is 0.0206. The summed E-state index contributed by atoms with van der Waals surface area (Å²) in [6, 6.07) is 7.75. The number of rotatable bonds is 5. The van der Waals surface area contributed by atoms with Gasteiger partial charge in [-0.05, 0) is 46.2 Å². The van der Waals surface area contributed by atoms with Crippen LogP contribution >= 0.6 is 50.5 Å². The maximum Gasteiger partial charge on any atom is 0.138 e. The molecule has 0 aliphatic rings. The molecule has 2 rings (SSSR count). The van der Waals surface area contributed by atoms with Gasteiger partial charge in [-0.2, -0.15) is 0 Å². The fourth-order valence-electron chi connectivity index (χ4n) is 1.97. The lowest BCUT2D eigenvalue weighted by Gasteiger charge is -2.19. The van der Waals surface area contributed by atoms with E-state index in [1.54, 1.807) is 24.5 Å². The van der Waals surface area contributed by atoms with Crippen LogP contribution in [0.3, 0.4) is 0 Å². The minimum Gasteiger partial charge on any atom is -0.495 e. The van der Waals surface area contributed by atoms with Gasteiger partial charge in [0, 0.05) is 16.0 Å². The number of benzene rings is 1. The molecular weight excluding hydrogens is 381 g/mol. The van der Waals surface area contributed by atoms with E-state index < -0.39 is 0 Å². The Hall–Kier alpha value is -0.260. The summed E-state index contributed by atoms with van der Waals surface area (Å²) in [5, 5.41) is 4.64. The fourth-order valence-corrected chi connectivity index (χ4v) is 4.00. The van der Waals surface area contributed by atoms with Gasteiger partial charge in [0.2, 0.25) is 0 Å². The Morgan fingerprint density at radius 1 is 1.30 bits per heavy atom. The van der Waals surface area contributed by atoms with Crippen LogP contribution in [0.2, 0.25) is 10.0 Å². The molecule has 0 aliphatic heterocycles. The average molecular weight is 395 g/mol. The van der Waals surface area contributed by atoms with Crippen LogP contribution in [0.1, 0.15) is 23.4 Å². The zero-order valence-corrected chi connectivity index (χ0v) is 15.0. The molecule has 0 amide bonds. The SMILES string of the molecule is CCNC(c1ccc(Br)s1)c1cc(Cl)c(OC)cc1Cl. The molecule has 2 nitrogen and oxygen atoms in total. The summed E-state index contributed by atoms with van der Waals surface area (Å²) in [5.74, 6) is 0.586. The summed E-state index contributed by atoms with van der Waals surface area (Å²) in [6.45, 7) is 2.90. The number of hydrogen-bond donors (Lipinski definition) is 1. The third-order valence-corrected chi connectivity index (χ3v) is 5.18. The smallest absolute Gasteiger partial charge is 0.138 e. The minimum atomic E-state index is 0.0206. The van der Waals surface area contributed by atoms with E-state index in [-0.39, 0.29) is 6.04 Å². The second-order valence-electron chi connectivity index (χ2n) is 4.14. The van der Waals surface area contributed by atoms with Gasteiger partial charge in [-0.1, -0.05) is 30.1 Å². The number of nitrogens with one attached hydrogen (secondary N) is 1. The first-order valence-corrected chi connectivity index (χ1v) is 8.45. The van der Waals surface area contributed by atoms with Crippen molar-refractivity contribution in [2.75, 3.05) is 13.7 Å². The van der Waals surface area contributed by atoms with E-state index in [4.69, 9.17) is 27.9 Å². The van der Waals surface area contributed by atoms with E-state index in [9.17, 15) is 0 Å². The van der Waals surface area contributed by atoms with Crippen LogP contribution in [0, 0.1) is 0 Å². The first-order valence-electron chi connectivity index (χ1n) is 6.08. The zero-order valence-electron chi connectivity index (χ0n) is 11.0. The van der Waals surface area contributed by atoms with Gasteiger partial charge in [0.15, 0.2) is 0 Å². The van der Waals surface area contributed by atoms with Crippen LogP contribution in [-0.4, -0.2) is 13.7 Å². The standard InChI is InChI=1S/C14H14BrCl2NOS/c1-3-18-14(12-4-5-13(15)20-12)8-6-10(17)11(19-2)7-9(8)16/h4-7,14,18H,3H2,1-2H3. The van der Waals surface area contributed by atoms with Crippen LogP contribution in [0.5, 0.6) is 5.75 Å². The Balaban J connectivity index is 2.46. The molecule has 0 bridgehead atoms. The van der Waals surface area contributed by atoms with Gasteiger partial charge in [-0.3, -0.25) is 0 Å². The normalized spacial score (nSPS) is 12.4. The Morgan fingerprint density at radius 3 is 2.60 bits per heavy atom. The molecule has 2 aromatic rings. The van der Waals surface area contributed by atoms with E-state index in [1.165, 1.54) is 4.88 Å². The maximum atomic E-state index is 6.38. The molecule has 6 heteroatoms. The third kappa shape index (κ3) is 3.49. The quantitative estimate of drug-likeness (QED) is 0.720. The molecule has 0 saturated heterocycles. The number of ether oxygens (including phenoxy) is 1. The Labute approximate surface area is 141 Å². The molecule has 1 atom stereocenters. The van der Waals surface area contributed by atoms with E-state index in [0.717, 1.165) is 15.9 Å². The van der Waals surface area contributed by atoms with Gasteiger partial charge in [0.05, 0.1) is 22.0 Å². The lowest BCUT2D eigenvalue weighted by molar-refractivity contribution is 0.414. The summed E-state index contributed by atoms with van der Waals surface area (Å²) < 4.78 is 6.28. The second-order valence-corrected chi connectivity index (χ2v) is 7.45. The first-order chi connectivity index (χ1) is 9.56. The van der Waals surface area contributed by atoms with Crippen LogP contribution in [0.4, 0.5) is 0 Å². The van der Waals surface area contributed by atoms with Gasteiger partial charge in [0.1, 0.15) is 5.75 Å². The van der Waals surface area contributed by atoms with E-state index in [2.05, 4.69) is 34.2 Å². The van der Waals surface area contributed by atoms with E-state index in [0.29, 0.717) is 15.8 Å². The molecule has 0 aliphatic carbocycles. The average Bonchev–Trinajstić information content (AvgIpc) is 2.85. The topological polar surface area (TPSA) is 21.3 Å². The molecule has 1 aromatic carbocycles. The summed E-state index contributed by atoms with van der Waals surface area (Å²) in [7, 11) is 1.58. The van der Waals surface area contributed by atoms with Crippen LogP contribution in [0.15, 0.2) is 28.1 Å². The van der Waals surface area contributed by atoms with Gasteiger partial charge < -0.3 is 10.1 Å². The van der Waals surface area contributed by atoms with Crippen LogP contribution in [0.25, 0.3) is 0 Å². The summed E-state index contributed by atoms with van der Waals surface area (Å²) in [6.07, 6.45) is 0. The number of methoxy groups -OCH3 is 1. The highest BCUT2D eigenvalue weighted by Crippen LogP contribution is 2.38. The third-order valence-electron chi connectivity index (χ3n) is 2.87. The van der Waals surface area contributed by atoms with Gasteiger partial charge in [-0.25, -0.2) is 0 Å². The van der Waals surface area contributed by atoms with Crippen molar-refractivity contribution in [3.63, 3.8) is 0 Å². The monoisotopic (exact) mass is 393 g/mol. The predicted molar refractivity (Wildman–Crippen MR) is 90.6 cm³/mol. The summed E-state index contributed by atoms with van der Waals surface area (Å²) >= 11 is 17.8. The molecule has 0 saturated carbocycles. The maximum absolute atomic E-state index is 6.38. The van der Waals surface area contributed by atoms with Crippen LogP contribution < -0.4 is 10.1 Å². The number of hydrogen-bond acceptors (Lipinski definition) is 3. The molecule has 1 N–H and O–H groups in total. The highest BCUT2D eigenvalue weighted by molar-refractivity contribution is 9.11. The van der Waals surface area contributed by atoms with Gasteiger partial charge in [-0.15, -0.1) is 11.3 Å². The van der Waals surface area contributed by atoms with Crippen molar-refractivity contribution >= 4 is 50.5 Å². The lowest BCUT2D eigenvalue weighted by Crippen LogP contribution is -2.21. The van der Waals surface area contributed by atoms with E-state index in [1.807, 2.05) is 12.1 Å². The van der Waals surface area contributed by atoms with Crippen molar-refractivity contribution in [1.82, 2.24) is 5.32 Å². The molecule has 0 radical (unpaired) electrons. The Morgan fingerprint density at radius 2 is 2.05 bits per heavy atom. The zero-order chi connectivity index (χ0) is 14.7. The molecule has 0 spiro atoms. The highest BCUT2D eigenvalue weighted by atomic mass is 79.9. The molecule has 20 heavy (non-hydrogen) atoms. The predicted octanol–water partition coefficient (Wildman–Crippen LogP) is 5.52. The Kier molecular flexibility index (Phi) is 5.75. The molecular formula is C14H14BrCl2NOS. The number of thiophene rings is 1. The van der Waals surface area contributed by atoms with Crippen LogP contribution in [-0.2, 0) is 0 Å². The largest absolute Gasteiger partial charge is 0.495 e.